The van der Waals surface area contributed by atoms with Crippen LogP contribution in [0.4, 0.5) is 0 Å². The third-order valence-electron chi connectivity index (χ3n) is 2.92. The molecule has 0 saturated carbocycles. The zero-order valence-corrected chi connectivity index (χ0v) is 11.7. The second kappa shape index (κ2) is 4.79. The molecule has 90 valence electrons. The molecule has 0 aliphatic rings. The summed E-state index contributed by atoms with van der Waals surface area (Å²) >= 11 is 3.37. The van der Waals surface area contributed by atoms with Gasteiger partial charge in [-0.3, -0.25) is 9.36 Å². The van der Waals surface area contributed by atoms with Gasteiger partial charge < -0.3 is 0 Å². The van der Waals surface area contributed by atoms with Crippen LogP contribution in [0.25, 0.3) is 5.69 Å². The molecular formula is C14H11BrN2O. The quantitative estimate of drug-likeness (QED) is 0.812. The topological polar surface area (TPSA) is 45.8 Å². The lowest BCUT2D eigenvalue weighted by Crippen LogP contribution is -2.22. The Morgan fingerprint density at radius 1 is 1.33 bits per heavy atom. The Balaban J connectivity index is 2.78. The Labute approximate surface area is 113 Å². The lowest BCUT2D eigenvalue weighted by molar-refractivity contribution is 0.955. The van der Waals surface area contributed by atoms with Crippen molar-refractivity contribution >= 4 is 15.9 Å². The highest BCUT2D eigenvalue weighted by Gasteiger charge is 2.11. The van der Waals surface area contributed by atoms with Crippen LogP contribution in [0, 0.1) is 25.2 Å². The van der Waals surface area contributed by atoms with Crippen LogP contribution in [-0.2, 0) is 0 Å². The van der Waals surface area contributed by atoms with E-state index in [2.05, 4.69) is 15.9 Å². The van der Waals surface area contributed by atoms with Crippen molar-refractivity contribution in [1.82, 2.24) is 4.57 Å². The number of aryl methyl sites for hydroxylation is 1. The highest BCUT2D eigenvalue weighted by molar-refractivity contribution is 9.10. The molecule has 0 aliphatic carbocycles. The molecule has 0 saturated heterocycles. The van der Waals surface area contributed by atoms with Gasteiger partial charge in [-0.15, -0.1) is 0 Å². The number of hydrogen-bond acceptors (Lipinski definition) is 2. The van der Waals surface area contributed by atoms with Gasteiger partial charge in [0.25, 0.3) is 5.56 Å². The van der Waals surface area contributed by atoms with Crippen LogP contribution >= 0.6 is 15.9 Å². The Bertz CT molecular complexity index is 711. The summed E-state index contributed by atoms with van der Waals surface area (Å²) in [5.41, 5.74) is 2.34. The lowest BCUT2D eigenvalue weighted by Gasteiger charge is -2.10. The molecule has 18 heavy (non-hydrogen) atoms. The molecule has 0 N–H and O–H groups in total. The molecule has 0 atom stereocenters. The molecule has 0 unspecified atom stereocenters. The van der Waals surface area contributed by atoms with Gasteiger partial charge in [0.1, 0.15) is 11.6 Å². The van der Waals surface area contributed by atoms with E-state index in [1.807, 2.05) is 37.3 Å². The summed E-state index contributed by atoms with van der Waals surface area (Å²) in [7, 11) is 0. The van der Waals surface area contributed by atoms with Gasteiger partial charge in [-0.1, -0.05) is 22.0 Å². The van der Waals surface area contributed by atoms with Crippen LogP contribution in [0.1, 0.15) is 16.7 Å². The van der Waals surface area contributed by atoms with Crippen molar-refractivity contribution in [1.29, 1.82) is 5.26 Å². The third kappa shape index (κ3) is 2.09. The van der Waals surface area contributed by atoms with Crippen molar-refractivity contribution in [2.24, 2.45) is 0 Å². The van der Waals surface area contributed by atoms with Crippen LogP contribution in [0.3, 0.4) is 0 Å². The monoisotopic (exact) mass is 302 g/mol. The summed E-state index contributed by atoms with van der Waals surface area (Å²) in [5.74, 6) is 0. The number of pyridine rings is 1. The van der Waals surface area contributed by atoms with Crippen LogP contribution in [-0.4, -0.2) is 4.57 Å². The van der Waals surface area contributed by atoms with Gasteiger partial charge in [0.05, 0.1) is 0 Å². The summed E-state index contributed by atoms with van der Waals surface area (Å²) < 4.78 is 2.40. The molecule has 2 aromatic rings. The van der Waals surface area contributed by atoms with Crippen molar-refractivity contribution in [2.75, 3.05) is 0 Å². The summed E-state index contributed by atoms with van der Waals surface area (Å²) in [4.78, 5) is 12.2. The minimum absolute atomic E-state index is 0.204. The number of nitrogens with zero attached hydrogens (tertiary/aromatic N) is 2. The number of halogens is 1. The molecule has 0 spiro atoms. The van der Waals surface area contributed by atoms with E-state index in [1.165, 1.54) is 4.57 Å². The Morgan fingerprint density at radius 2 is 2.06 bits per heavy atom. The van der Waals surface area contributed by atoms with Crippen molar-refractivity contribution in [2.45, 2.75) is 13.8 Å². The molecule has 3 nitrogen and oxygen atoms in total. The maximum absolute atomic E-state index is 12.2. The van der Waals surface area contributed by atoms with E-state index < -0.39 is 0 Å². The molecule has 0 fully saturated rings. The summed E-state index contributed by atoms with van der Waals surface area (Å²) in [6.45, 7) is 3.69. The van der Waals surface area contributed by atoms with Gasteiger partial charge in [-0.25, -0.2) is 0 Å². The van der Waals surface area contributed by atoms with Gasteiger partial charge in [0.15, 0.2) is 0 Å². The highest BCUT2D eigenvalue weighted by atomic mass is 79.9. The number of aromatic nitrogens is 1. The zero-order valence-electron chi connectivity index (χ0n) is 10.1. The minimum Gasteiger partial charge on any atom is -0.283 e. The van der Waals surface area contributed by atoms with Gasteiger partial charge in [-0.2, -0.15) is 5.26 Å². The molecule has 1 aromatic carbocycles. The molecule has 1 aromatic heterocycles. The standard InChI is InChI=1S/C14H11BrN2O/c1-9-8-17(12-5-3-4-11(15)6-12)14(18)13(7-16)10(9)2/h3-6,8H,1-2H3. The lowest BCUT2D eigenvalue weighted by atomic mass is 10.1. The average molecular weight is 303 g/mol. The van der Waals surface area contributed by atoms with E-state index in [9.17, 15) is 4.79 Å². The second-order valence-electron chi connectivity index (χ2n) is 4.08. The number of nitriles is 1. The fraction of sp³-hybridized carbons (Fsp3) is 0.143. The van der Waals surface area contributed by atoms with Crippen LogP contribution in [0.2, 0.25) is 0 Å². The molecular weight excluding hydrogens is 292 g/mol. The molecule has 0 bridgehead atoms. The average Bonchev–Trinajstić information content (AvgIpc) is 2.34. The summed E-state index contributed by atoms with van der Waals surface area (Å²) in [6.07, 6.45) is 1.76. The number of hydrogen-bond donors (Lipinski definition) is 0. The molecule has 0 aliphatic heterocycles. The first-order valence-corrected chi connectivity index (χ1v) is 6.23. The van der Waals surface area contributed by atoms with Gasteiger partial charge in [0.2, 0.25) is 0 Å². The van der Waals surface area contributed by atoms with Gasteiger partial charge in [0, 0.05) is 16.4 Å². The normalized spacial score (nSPS) is 10.1. The van der Waals surface area contributed by atoms with E-state index in [1.54, 1.807) is 13.1 Å². The van der Waals surface area contributed by atoms with Gasteiger partial charge >= 0.3 is 0 Å². The molecule has 1 heterocycles. The van der Waals surface area contributed by atoms with E-state index in [4.69, 9.17) is 5.26 Å². The first-order chi connectivity index (χ1) is 8.54. The minimum atomic E-state index is -0.279. The second-order valence-corrected chi connectivity index (χ2v) is 4.99. The first kappa shape index (κ1) is 12.6. The summed E-state index contributed by atoms with van der Waals surface area (Å²) in [6, 6.07) is 9.41. The van der Waals surface area contributed by atoms with E-state index in [0.717, 1.165) is 21.3 Å². The van der Waals surface area contributed by atoms with E-state index >= 15 is 0 Å². The molecule has 0 radical (unpaired) electrons. The van der Waals surface area contributed by atoms with Crippen LogP contribution < -0.4 is 5.56 Å². The summed E-state index contributed by atoms with van der Waals surface area (Å²) in [5, 5.41) is 9.08. The van der Waals surface area contributed by atoms with E-state index in [0.29, 0.717) is 0 Å². The van der Waals surface area contributed by atoms with Crippen LogP contribution in [0.15, 0.2) is 39.7 Å². The number of rotatable bonds is 1. The zero-order chi connectivity index (χ0) is 13.3. The first-order valence-electron chi connectivity index (χ1n) is 5.43. The Kier molecular flexibility index (Phi) is 3.35. The third-order valence-corrected chi connectivity index (χ3v) is 3.41. The maximum atomic E-state index is 12.2. The van der Waals surface area contributed by atoms with Crippen molar-refractivity contribution < 1.29 is 0 Å². The van der Waals surface area contributed by atoms with Crippen LogP contribution in [0.5, 0.6) is 0 Å². The largest absolute Gasteiger partial charge is 0.283 e. The van der Waals surface area contributed by atoms with E-state index in [-0.39, 0.29) is 11.1 Å². The van der Waals surface area contributed by atoms with Crippen molar-refractivity contribution in [3.05, 3.63) is 62.0 Å². The number of benzene rings is 1. The predicted octanol–water partition coefficient (Wildman–Crippen LogP) is 3.09. The van der Waals surface area contributed by atoms with Crippen molar-refractivity contribution in [3.8, 4) is 11.8 Å². The smallest absolute Gasteiger partial charge is 0.273 e. The highest BCUT2D eigenvalue weighted by Crippen LogP contribution is 2.16. The Hall–Kier alpha value is -1.86. The molecule has 4 heteroatoms. The predicted molar refractivity (Wildman–Crippen MR) is 73.9 cm³/mol. The van der Waals surface area contributed by atoms with Crippen molar-refractivity contribution in [3.63, 3.8) is 0 Å². The van der Waals surface area contributed by atoms with Gasteiger partial charge in [-0.05, 0) is 43.2 Å². The Morgan fingerprint density at radius 3 is 2.67 bits per heavy atom. The fourth-order valence-corrected chi connectivity index (χ4v) is 2.16. The SMILES string of the molecule is Cc1cn(-c2cccc(Br)c2)c(=O)c(C#N)c1C. The maximum Gasteiger partial charge on any atom is 0.273 e. The molecule has 2 rings (SSSR count). The fourth-order valence-electron chi connectivity index (χ4n) is 1.78. The molecule has 0 amide bonds.